The number of anilines is 1. The Morgan fingerprint density at radius 1 is 1.22 bits per heavy atom. The summed E-state index contributed by atoms with van der Waals surface area (Å²) in [7, 11) is 0. The van der Waals surface area contributed by atoms with Gasteiger partial charge in [-0.15, -0.1) is 5.10 Å². The number of nitrogens with one attached hydrogen (secondary N) is 1. The van der Waals surface area contributed by atoms with Crippen molar-refractivity contribution in [2.75, 3.05) is 25.0 Å². The molecule has 0 unspecified atom stereocenters. The normalized spacial score (nSPS) is 27.7. The predicted molar refractivity (Wildman–Crippen MR) is 90.0 cm³/mol. The van der Waals surface area contributed by atoms with Gasteiger partial charge in [0.15, 0.2) is 0 Å². The highest BCUT2D eigenvalue weighted by Gasteiger charge is 2.40. The number of hydrogen-bond acceptors (Lipinski definition) is 7. The molecule has 2 aromatic heterocycles. The van der Waals surface area contributed by atoms with Crippen LogP contribution >= 0.6 is 11.5 Å². The van der Waals surface area contributed by atoms with Gasteiger partial charge in [-0.2, -0.15) is 0 Å². The average molecular weight is 330 g/mol. The molecule has 0 aromatic carbocycles. The lowest BCUT2D eigenvalue weighted by atomic mass is 9.74. The van der Waals surface area contributed by atoms with Crippen LogP contribution in [0.4, 0.5) is 5.95 Å². The zero-order valence-corrected chi connectivity index (χ0v) is 14.0. The van der Waals surface area contributed by atoms with E-state index in [-0.39, 0.29) is 0 Å². The first-order valence-corrected chi connectivity index (χ1v) is 9.21. The van der Waals surface area contributed by atoms with Crippen LogP contribution in [0.25, 0.3) is 0 Å². The van der Waals surface area contributed by atoms with Gasteiger partial charge in [0, 0.05) is 44.0 Å². The maximum atomic E-state index is 4.27. The molecular formula is C16H22N6S. The molecule has 1 aliphatic heterocycles. The minimum absolute atomic E-state index is 0.719. The first kappa shape index (κ1) is 15.0. The fourth-order valence-electron chi connectivity index (χ4n) is 4.16. The number of aromatic nitrogens is 4. The van der Waals surface area contributed by atoms with Gasteiger partial charge in [-0.3, -0.25) is 4.90 Å². The van der Waals surface area contributed by atoms with E-state index in [1.165, 1.54) is 43.9 Å². The van der Waals surface area contributed by atoms with Gasteiger partial charge in [-0.1, -0.05) is 10.9 Å². The average Bonchev–Trinajstić information content (AvgIpc) is 3.23. The van der Waals surface area contributed by atoms with Crippen LogP contribution in [0, 0.1) is 17.8 Å². The van der Waals surface area contributed by atoms with E-state index in [1.54, 1.807) is 12.4 Å². The van der Waals surface area contributed by atoms with Crippen LogP contribution < -0.4 is 5.32 Å². The second-order valence-corrected chi connectivity index (χ2v) is 7.27. The highest BCUT2D eigenvalue weighted by Crippen LogP contribution is 2.40. The third-order valence-corrected chi connectivity index (χ3v) is 5.75. The molecule has 3 atom stereocenters. The minimum atomic E-state index is 0.719. The predicted octanol–water partition coefficient (Wildman–Crippen LogP) is 2.29. The van der Waals surface area contributed by atoms with Crippen LogP contribution in [0.3, 0.4) is 0 Å². The van der Waals surface area contributed by atoms with Crippen LogP contribution in [0.2, 0.25) is 0 Å². The van der Waals surface area contributed by atoms with E-state index in [1.807, 2.05) is 6.07 Å². The molecule has 0 radical (unpaired) electrons. The molecule has 23 heavy (non-hydrogen) atoms. The standard InChI is InChI=1S/C16H22N6S/c1-3-12(7-19-16-17-5-2-6-18-16)15-10-22(8-13(15)4-1)9-14-11-23-21-20-14/h2,5-6,11-13,15H,1,3-4,7-10H2,(H,17,18,19)/t12-,13+,15+/m0/s1. The fourth-order valence-corrected chi connectivity index (χ4v) is 4.60. The molecule has 6 nitrogen and oxygen atoms in total. The maximum Gasteiger partial charge on any atom is 0.222 e. The van der Waals surface area contributed by atoms with E-state index in [2.05, 4.69) is 35.2 Å². The number of hydrogen-bond donors (Lipinski definition) is 1. The highest BCUT2D eigenvalue weighted by molar-refractivity contribution is 7.03. The van der Waals surface area contributed by atoms with Gasteiger partial charge in [-0.05, 0) is 48.2 Å². The van der Waals surface area contributed by atoms with Crippen molar-refractivity contribution in [2.45, 2.75) is 25.8 Å². The van der Waals surface area contributed by atoms with Crippen LogP contribution in [0.15, 0.2) is 23.8 Å². The maximum absolute atomic E-state index is 4.27. The van der Waals surface area contributed by atoms with Gasteiger partial charge in [0.2, 0.25) is 5.95 Å². The summed E-state index contributed by atoms with van der Waals surface area (Å²) < 4.78 is 3.97. The lowest BCUT2D eigenvalue weighted by Gasteiger charge is -2.33. The van der Waals surface area contributed by atoms with E-state index >= 15 is 0 Å². The fraction of sp³-hybridized carbons (Fsp3) is 0.625. The molecule has 2 aliphatic rings. The Morgan fingerprint density at radius 2 is 2.13 bits per heavy atom. The Labute approximate surface area is 140 Å². The molecule has 0 bridgehead atoms. The van der Waals surface area contributed by atoms with Crippen molar-refractivity contribution in [3.63, 3.8) is 0 Å². The number of rotatable bonds is 5. The monoisotopic (exact) mass is 330 g/mol. The van der Waals surface area contributed by atoms with Gasteiger partial charge >= 0.3 is 0 Å². The molecule has 7 heteroatoms. The molecule has 1 aliphatic carbocycles. The molecule has 3 heterocycles. The summed E-state index contributed by atoms with van der Waals surface area (Å²) in [5.41, 5.74) is 1.11. The van der Waals surface area contributed by atoms with Gasteiger partial charge in [0.1, 0.15) is 0 Å². The number of likely N-dealkylation sites (tertiary alicyclic amines) is 1. The second-order valence-electron chi connectivity index (χ2n) is 6.66. The van der Waals surface area contributed by atoms with Gasteiger partial charge in [0.25, 0.3) is 0 Å². The van der Waals surface area contributed by atoms with E-state index in [9.17, 15) is 0 Å². The zero-order chi connectivity index (χ0) is 15.5. The van der Waals surface area contributed by atoms with Crippen LogP contribution in [0.5, 0.6) is 0 Å². The molecule has 0 amide bonds. The first-order valence-electron chi connectivity index (χ1n) is 8.37. The molecule has 4 rings (SSSR count). The topological polar surface area (TPSA) is 66.8 Å². The van der Waals surface area contributed by atoms with Crippen LogP contribution in [-0.2, 0) is 6.54 Å². The molecule has 1 saturated heterocycles. The van der Waals surface area contributed by atoms with Crippen molar-refractivity contribution >= 4 is 17.5 Å². The Bertz CT molecular complexity index is 604. The van der Waals surface area contributed by atoms with Gasteiger partial charge < -0.3 is 5.32 Å². The summed E-state index contributed by atoms with van der Waals surface area (Å²) in [4.78, 5) is 11.1. The van der Waals surface area contributed by atoms with Crippen molar-refractivity contribution in [1.82, 2.24) is 24.5 Å². The summed E-state index contributed by atoms with van der Waals surface area (Å²) >= 11 is 1.44. The Kier molecular flexibility index (Phi) is 4.48. The summed E-state index contributed by atoms with van der Waals surface area (Å²) in [5, 5.41) is 9.68. The third-order valence-electron chi connectivity index (χ3n) is 5.20. The molecule has 0 spiro atoms. The van der Waals surface area contributed by atoms with Crippen LogP contribution in [0.1, 0.15) is 25.0 Å². The van der Waals surface area contributed by atoms with Crippen molar-refractivity contribution in [3.05, 3.63) is 29.5 Å². The quantitative estimate of drug-likeness (QED) is 0.907. The number of fused-ring (bicyclic) bond motifs is 1. The van der Waals surface area contributed by atoms with E-state index in [4.69, 9.17) is 0 Å². The Morgan fingerprint density at radius 3 is 2.96 bits per heavy atom. The largest absolute Gasteiger partial charge is 0.354 e. The molecule has 1 N–H and O–H groups in total. The molecule has 122 valence electrons. The Hall–Kier alpha value is -1.60. The first-order chi connectivity index (χ1) is 11.4. The van der Waals surface area contributed by atoms with E-state index < -0.39 is 0 Å². The lowest BCUT2D eigenvalue weighted by molar-refractivity contribution is 0.207. The van der Waals surface area contributed by atoms with Crippen molar-refractivity contribution in [2.24, 2.45) is 17.8 Å². The van der Waals surface area contributed by atoms with Gasteiger partial charge in [0.05, 0.1) is 5.69 Å². The minimum Gasteiger partial charge on any atom is -0.354 e. The van der Waals surface area contributed by atoms with Crippen molar-refractivity contribution in [1.29, 1.82) is 0 Å². The van der Waals surface area contributed by atoms with E-state index in [0.29, 0.717) is 0 Å². The van der Waals surface area contributed by atoms with Gasteiger partial charge in [-0.25, -0.2) is 9.97 Å². The van der Waals surface area contributed by atoms with E-state index in [0.717, 1.165) is 42.5 Å². The summed E-state index contributed by atoms with van der Waals surface area (Å²) in [6.07, 6.45) is 7.60. The molecule has 2 fully saturated rings. The van der Waals surface area contributed by atoms with Crippen LogP contribution in [-0.4, -0.2) is 44.1 Å². The smallest absolute Gasteiger partial charge is 0.222 e. The third kappa shape index (κ3) is 3.50. The number of nitrogens with zero attached hydrogens (tertiary/aromatic N) is 5. The summed E-state index contributed by atoms with van der Waals surface area (Å²) in [6.45, 7) is 4.33. The zero-order valence-electron chi connectivity index (χ0n) is 13.1. The second kappa shape index (κ2) is 6.88. The molecule has 2 aromatic rings. The lowest BCUT2D eigenvalue weighted by Crippen LogP contribution is -2.32. The Balaban J connectivity index is 1.35. The van der Waals surface area contributed by atoms with Crippen molar-refractivity contribution < 1.29 is 0 Å². The molecule has 1 saturated carbocycles. The summed E-state index contributed by atoms with van der Waals surface area (Å²) in [5.74, 6) is 3.08. The SMILES string of the molecule is c1cnc(NC[C@@H]2CCC[C@@H]3CN(Cc4csnn4)C[C@@H]32)nc1. The summed E-state index contributed by atoms with van der Waals surface area (Å²) in [6, 6.07) is 1.85. The molecular weight excluding hydrogens is 308 g/mol. The highest BCUT2D eigenvalue weighted by atomic mass is 32.1. The van der Waals surface area contributed by atoms with Crippen molar-refractivity contribution in [3.8, 4) is 0 Å².